The van der Waals surface area contributed by atoms with Crippen molar-refractivity contribution in [1.29, 1.82) is 0 Å². The molecule has 0 saturated carbocycles. The number of halogens is 3. The topological polar surface area (TPSA) is 287 Å². The van der Waals surface area contributed by atoms with Gasteiger partial charge in [-0.05, 0) is 18.6 Å². The molecule has 23 nitrogen and oxygen atoms in total. The molecule has 0 aromatic heterocycles. The van der Waals surface area contributed by atoms with Crippen molar-refractivity contribution in [2.45, 2.75) is 25.1 Å². The Morgan fingerprint density at radius 1 is 0.642 bits per heavy atom. The number of nitrogens with one attached hydrogen (secondary N) is 2. The van der Waals surface area contributed by atoms with Crippen LogP contribution < -0.4 is 21.1 Å². The minimum absolute atomic E-state index is 0.00938. The van der Waals surface area contributed by atoms with Crippen molar-refractivity contribution in [3.8, 4) is 5.75 Å². The molecule has 5 N–H and O–H groups in total. The van der Waals surface area contributed by atoms with Crippen LogP contribution in [0, 0.1) is 0 Å². The van der Waals surface area contributed by atoms with E-state index in [0.717, 1.165) is 4.90 Å². The average molecular weight is 973 g/mol. The number of carbonyl (C=O) groups excluding carboxylic acids is 5. The largest absolute Gasteiger partial charge is 0.490 e. The highest BCUT2D eigenvalue weighted by Crippen LogP contribution is 2.33. The molecule has 0 spiro atoms. The fourth-order valence-corrected chi connectivity index (χ4v) is 5.45. The number of nitrogens with zero attached hydrogens (tertiary/aromatic N) is 1. The molecule has 1 saturated heterocycles. The lowest BCUT2D eigenvalue weighted by atomic mass is 10.0. The van der Waals surface area contributed by atoms with Crippen LogP contribution in [0.25, 0.3) is 0 Å². The molecule has 2 aliphatic rings. The monoisotopic (exact) mass is 972 g/mol. The second-order valence-corrected chi connectivity index (χ2v) is 13.6. The fourth-order valence-electron chi connectivity index (χ4n) is 5.45. The predicted molar refractivity (Wildman–Crippen MR) is 223 cm³/mol. The number of nitrogens with two attached hydrogens (primary N) is 1. The number of fused-ring (bicyclic) bond motifs is 1. The highest BCUT2D eigenvalue weighted by atomic mass is 19.4. The lowest BCUT2D eigenvalue weighted by molar-refractivity contribution is -0.192. The van der Waals surface area contributed by atoms with Gasteiger partial charge in [0.2, 0.25) is 11.8 Å². The minimum Gasteiger partial charge on any atom is -0.483 e. The molecule has 0 radical (unpaired) electrons. The van der Waals surface area contributed by atoms with E-state index < -0.39 is 54.3 Å². The highest BCUT2D eigenvalue weighted by Gasteiger charge is 2.46. The van der Waals surface area contributed by atoms with Gasteiger partial charge >= 0.3 is 12.1 Å². The van der Waals surface area contributed by atoms with E-state index in [1.807, 2.05) is 0 Å². The summed E-state index contributed by atoms with van der Waals surface area (Å²) in [5.41, 5.74) is 5.37. The molecule has 5 amide bonds. The van der Waals surface area contributed by atoms with Crippen LogP contribution in [0.5, 0.6) is 5.75 Å². The van der Waals surface area contributed by atoms with Crippen molar-refractivity contribution >= 4 is 35.5 Å². The summed E-state index contributed by atoms with van der Waals surface area (Å²) in [5, 5.41) is 11.9. The number of rotatable bonds is 39. The van der Waals surface area contributed by atoms with E-state index in [0.29, 0.717) is 145 Å². The summed E-state index contributed by atoms with van der Waals surface area (Å²) in [4.78, 5) is 71.9. The van der Waals surface area contributed by atoms with Gasteiger partial charge in [0.1, 0.15) is 11.8 Å². The summed E-state index contributed by atoms with van der Waals surface area (Å²) in [6.45, 7) is 10.2. The first kappa shape index (κ1) is 58.7. The van der Waals surface area contributed by atoms with Gasteiger partial charge in [-0.15, -0.1) is 0 Å². The standard InChI is InChI=1S/C39H62N4O17.C2HF3O2/c40-6-8-49-10-12-51-14-16-53-18-20-55-22-24-57-26-28-59-29-27-58-25-23-56-21-19-54-17-15-52-13-11-50-9-7-41-35(45)30-60-33-3-1-2-31-36(33)39(48)43(38(31)47)32-4-5-34(44)42-37(32)46;3-2(4,5)1(6)7/h1-3,32H,4-30,40H2,(H,41,45)(H,42,44,46);(H,6,7). The second-order valence-electron chi connectivity index (χ2n) is 13.6. The van der Waals surface area contributed by atoms with Crippen LogP contribution in [0.4, 0.5) is 13.2 Å². The number of hydrogen-bond acceptors (Lipinski definition) is 19. The molecule has 2 heterocycles. The molecule has 1 aromatic carbocycles. The molecule has 1 fully saturated rings. The van der Waals surface area contributed by atoms with E-state index >= 15 is 0 Å². The van der Waals surface area contributed by atoms with Crippen LogP contribution in [0.2, 0.25) is 0 Å². The van der Waals surface area contributed by atoms with Crippen molar-refractivity contribution in [3.05, 3.63) is 29.3 Å². The van der Waals surface area contributed by atoms with Gasteiger partial charge in [-0.2, -0.15) is 13.2 Å². The number of carboxylic acid groups (broad SMARTS) is 1. The Bertz CT molecular complexity index is 1600. The van der Waals surface area contributed by atoms with Crippen LogP contribution in [-0.4, -0.2) is 223 Å². The van der Waals surface area contributed by atoms with Gasteiger partial charge < -0.3 is 73.0 Å². The number of carbonyl (C=O) groups is 6. The van der Waals surface area contributed by atoms with Gasteiger partial charge in [0.05, 0.1) is 156 Å². The number of piperidine rings is 1. The van der Waals surface area contributed by atoms with Crippen LogP contribution in [0.3, 0.4) is 0 Å². The number of hydrogen-bond donors (Lipinski definition) is 4. The average Bonchev–Trinajstić information content (AvgIpc) is 3.55. The lowest BCUT2D eigenvalue weighted by Gasteiger charge is -2.27. The van der Waals surface area contributed by atoms with Crippen LogP contribution in [0.1, 0.15) is 33.6 Å². The molecular formula is C41H63F3N4O19. The van der Waals surface area contributed by atoms with Crippen molar-refractivity contribution < 1.29 is 104 Å². The molecule has 0 aliphatic carbocycles. The first-order valence-electron chi connectivity index (χ1n) is 21.5. The molecule has 382 valence electrons. The van der Waals surface area contributed by atoms with E-state index in [2.05, 4.69) is 10.6 Å². The second kappa shape index (κ2) is 36.6. The Hall–Kier alpha value is -4.45. The minimum atomic E-state index is -5.08. The first-order chi connectivity index (χ1) is 32.4. The van der Waals surface area contributed by atoms with Gasteiger partial charge in [0.15, 0.2) is 6.61 Å². The Balaban J connectivity index is 0.00000203. The number of amides is 5. The van der Waals surface area contributed by atoms with Crippen molar-refractivity contribution in [1.82, 2.24) is 15.5 Å². The zero-order valence-corrected chi connectivity index (χ0v) is 37.4. The van der Waals surface area contributed by atoms with Crippen LogP contribution in [0.15, 0.2) is 18.2 Å². The summed E-state index contributed by atoms with van der Waals surface area (Å²) in [6.07, 6.45) is -5.04. The number of aliphatic carboxylic acids is 1. The third kappa shape index (κ3) is 26.6. The summed E-state index contributed by atoms with van der Waals surface area (Å²) in [6, 6.07) is 3.33. The maximum atomic E-state index is 13.1. The first-order valence-corrected chi connectivity index (χ1v) is 21.5. The fraction of sp³-hybridized carbons (Fsp3) is 0.707. The smallest absolute Gasteiger partial charge is 0.483 e. The molecule has 2 aliphatic heterocycles. The number of benzene rings is 1. The van der Waals surface area contributed by atoms with Gasteiger partial charge in [0.25, 0.3) is 17.7 Å². The zero-order chi connectivity index (χ0) is 49.0. The normalized spacial score (nSPS) is 14.7. The maximum absolute atomic E-state index is 13.1. The molecule has 1 unspecified atom stereocenters. The zero-order valence-electron chi connectivity index (χ0n) is 37.4. The molecule has 3 rings (SSSR count). The summed E-state index contributed by atoms with van der Waals surface area (Å²) < 4.78 is 97.1. The van der Waals surface area contributed by atoms with Gasteiger partial charge in [-0.25, -0.2) is 4.79 Å². The van der Waals surface area contributed by atoms with E-state index in [4.69, 9.17) is 72.5 Å². The maximum Gasteiger partial charge on any atom is 0.490 e. The van der Waals surface area contributed by atoms with Crippen LogP contribution >= 0.6 is 0 Å². The Labute approximate surface area is 385 Å². The van der Waals surface area contributed by atoms with Gasteiger partial charge in [-0.3, -0.25) is 34.2 Å². The number of alkyl halides is 3. The Kier molecular flexibility index (Phi) is 32.0. The van der Waals surface area contributed by atoms with E-state index in [9.17, 15) is 37.1 Å². The highest BCUT2D eigenvalue weighted by molar-refractivity contribution is 6.24. The molecule has 67 heavy (non-hydrogen) atoms. The van der Waals surface area contributed by atoms with Crippen molar-refractivity contribution in [3.63, 3.8) is 0 Å². The van der Waals surface area contributed by atoms with Gasteiger partial charge in [-0.1, -0.05) is 6.07 Å². The van der Waals surface area contributed by atoms with Crippen LogP contribution in [-0.2, 0) is 71.3 Å². The number of carboxylic acids is 1. The molecular weight excluding hydrogens is 909 g/mol. The number of imide groups is 2. The lowest BCUT2D eigenvalue weighted by Crippen LogP contribution is -2.54. The molecule has 0 bridgehead atoms. The van der Waals surface area contributed by atoms with Gasteiger partial charge in [0, 0.05) is 19.5 Å². The molecule has 26 heteroatoms. The molecule has 1 atom stereocenters. The third-order valence-corrected chi connectivity index (χ3v) is 8.58. The van der Waals surface area contributed by atoms with E-state index in [1.165, 1.54) is 18.2 Å². The Morgan fingerprint density at radius 2 is 1.03 bits per heavy atom. The Morgan fingerprint density at radius 3 is 1.40 bits per heavy atom. The summed E-state index contributed by atoms with van der Waals surface area (Å²) in [7, 11) is 0. The summed E-state index contributed by atoms with van der Waals surface area (Å²) in [5.74, 6) is -5.72. The number of ether oxygens (including phenoxy) is 12. The van der Waals surface area contributed by atoms with Crippen molar-refractivity contribution in [2.75, 3.05) is 165 Å². The van der Waals surface area contributed by atoms with E-state index in [1.54, 1.807) is 0 Å². The summed E-state index contributed by atoms with van der Waals surface area (Å²) >= 11 is 0. The molecule has 1 aromatic rings. The van der Waals surface area contributed by atoms with E-state index in [-0.39, 0.29) is 42.9 Å². The van der Waals surface area contributed by atoms with Crippen molar-refractivity contribution in [2.24, 2.45) is 5.73 Å². The predicted octanol–water partition coefficient (Wildman–Crippen LogP) is -0.643. The third-order valence-electron chi connectivity index (χ3n) is 8.58. The SMILES string of the molecule is NCCOCCOCCOCCOCCOCCOCCOCCOCCOCCOCCOCCNC(=O)COc1cccc2c1C(=O)N(C1CCC(=O)NC1=O)C2=O.O=C(O)C(F)(F)F. The quantitative estimate of drug-likeness (QED) is 0.0471.